The second-order valence-electron chi connectivity index (χ2n) is 3.96. The lowest BCUT2D eigenvalue weighted by Crippen LogP contribution is -2.04. The van der Waals surface area contributed by atoms with Gasteiger partial charge in [0.2, 0.25) is 5.43 Å². The Morgan fingerprint density at radius 2 is 2.00 bits per heavy atom. The quantitative estimate of drug-likeness (QED) is 0.633. The van der Waals surface area contributed by atoms with Crippen LogP contribution in [0.25, 0.3) is 21.9 Å². The highest BCUT2D eigenvalue weighted by Crippen LogP contribution is 2.29. The van der Waals surface area contributed by atoms with Gasteiger partial charge in [-0.3, -0.25) is 4.79 Å². The van der Waals surface area contributed by atoms with Gasteiger partial charge in [-0.05, 0) is 45.9 Å². The van der Waals surface area contributed by atoms with Gasteiger partial charge in [0, 0.05) is 4.90 Å². The number of halogens is 1. The lowest BCUT2D eigenvalue weighted by atomic mass is 10.1. The largest absolute Gasteiger partial charge is 0.456 e. The van der Waals surface area contributed by atoms with Crippen molar-refractivity contribution < 1.29 is 4.42 Å². The Morgan fingerprint density at radius 1 is 1.21 bits per heavy atom. The predicted octanol–water partition coefficient (Wildman–Crippen LogP) is 4.06. The first-order chi connectivity index (χ1) is 9.24. The van der Waals surface area contributed by atoms with Crippen molar-refractivity contribution in [1.82, 2.24) is 0 Å². The van der Waals surface area contributed by atoms with Gasteiger partial charge in [0.25, 0.3) is 0 Å². The molecule has 3 aromatic rings. The van der Waals surface area contributed by atoms with Crippen molar-refractivity contribution in [2.75, 3.05) is 0 Å². The summed E-state index contributed by atoms with van der Waals surface area (Å²) in [5.74, 6) is 0. The van der Waals surface area contributed by atoms with Crippen molar-refractivity contribution in [3.05, 3.63) is 52.2 Å². The number of hydrogen-bond acceptors (Lipinski definition) is 4. The van der Waals surface area contributed by atoms with Crippen molar-refractivity contribution in [2.45, 2.75) is 4.90 Å². The second kappa shape index (κ2) is 4.61. The summed E-state index contributed by atoms with van der Waals surface area (Å²) in [6, 6.07) is 12.2. The number of rotatable bonds is 1. The maximum Gasteiger partial charge on any atom is 0.201 e. The molecule has 3 rings (SSSR count). The maximum absolute atomic E-state index is 12.4. The number of hydrogen-bond donors (Lipinski definition) is 0. The molecule has 1 heterocycles. The van der Waals surface area contributed by atoms with Crippen LogP contribution >= 0.6 is 21.7 Å². The van der Waals surface area contributed by atoms with Crippen LogP contribution in [0.3, 0.4) is 0 Å². The number of benzene rings is 2. The highest BCUT2D eigenvalue weighted by molar-refractivity contribution is 8.21. The first kappa shape index (κ1) is 12.1. The minimum atomic E-state index is -0.195. The molecule has 92 valence electrons. The van der Waals surface area contributed by atoms with Crippen LogP contribution in [0.4, 0.5) is 0 Å². The van der Waals surface area contributed by atoms with Crippen molar-refractivity contribution in [3.8, 4) is 6.07 Å². The van der Waals surface area contributed by atoms with Crippen LogP contribution in [0.15, 0.2) is 50.5 Å². The van der Waals surface area contributed by atoms with E-state index in [1.54, 1.807) is 36.4 Å². The van der Waals surface area contributed by atoms with E-state index >= 15 is 0 Å². The summed E-state index contributed by atoms with van der Waals surface area (Å²) in [7, 11) is 6.69. The van der Waals surface area contributed by atoms with E-state index in [2.05, 4.69) is 0 Å². The average Bonchev–Trinajstić information content (AvgIpc) is 2.46. The molecule has 0 saturated carbocycles. The van der Waals surface area contributed by atoms with Gasteiger partial charge in [0.05, 0.1) is 16.3 Å². The molecule has 3 nitrogen and oxygen atoms in total. The van der Waals surface area contributed by atoms with Crippen LogP contribution in [0.2, 0.25) is 0 Å². The Balaban J connectivity index is 2.59. The normalized spacial score (nSPS) is 10.7. The van der Waals surface area contributed by atoms with Gasteiger partial charge < -0.3 is 4.42 Å². The first-order valence-corrected chi connectivity index (χ1v) is 7.07. The molecule has 0 aliphatic rings. The van der Waals surface area contributed by atoms with Gasteiger partial charge in [0.15, 0.2) is 0 Å². The fourth-order valence-corrected chi connectivity index (χ4v) is 2.62. The summed E-state index contributed by atoms with van der Waals surface area (Å²) in [4.78, 5) is 13.1. The number of nitrogens with zero attached hydrogens (tertiary/aromatic N) is 1. The van der Waals surface area contributed by atoms with Crippen LogP contribution in [0.5, 0.6) is 0 Å². The first-order valence-electron chi connectivity index (χ1n) is 5.43. The molecule has 0 unspecified atom stereocenters. The van der Waals surface area contributed by atoms with Crippen molar-refractivity contribution in [1.29, 1.82) is 5.26 Å². The smallest absolute Gasteiger partial charge is 0.201 e. The molecule has 0 aliphatic carbocycles. The molecule has 0 spiro atoms. The van der Waals surface area contributed by atoms with E-state index in [1.807, 2.05) is 6.07 Å². The van der Waals surface area contributed by atoms with Gasteiger partial charge >= 0.3 is 0 Å². The molecule has 2 aromatic carbocycles. The molecule has 1 aromatic heterocycles. The fourth-order valence-electron chi connectivity index (χ4n) is 2.03. The Bertz CT molecular complexity index is 895. The molecule has 19 heavy (non-hydrogen) atoms. The molecule has 0 amide bonds. The zero-order valence-electron chi connectivity index (χ0n) is 9.51. The summed E-state index contributed by atoms with van der Waals surface area (Å²) >= 11 is 0. The summed E-state index contributed by atoms with van der Waals surface area (Å²) < 4.78 is 5.69. The zero-order chi connectivity index (χ0) is 13.4. The lowest BCUT2D eigenvalue weighted by Gasteiger charge is -2.04. The molecule has 0 bridgehead atoms. The van der Waals surface area contributed by atoms with Crippen LogP contribution < -0.4 is 5.43 Å². The van der Waals surface area contributed by atoms with E-state index in [-0.39, 0.29) is 11.0 Å². The lowest BCUT2D eigenvalue weighted by molar-refractivity contribution is 0.658. The van der Waals surface area contributed by atoms with Gasteiger partial charge in [-0.2, -0.15) is 5.26 Å². The van der Waals surface area contributed by atoms with Gasteiger partial charge in [-0.1, -0.05) is 12.1 Å². The molecule has 0 saturated heterocycles. The Hall–Kier alpha value is -1.96. The monoisotopic (exact) mass is 287 g/mol. The third kappa shape index (κ3) is 1.88. The molecule has 5 heteroatoms. The highest BCUT2D eigenvalue weighted by atomic mass is 35.7. The molecule has 0 aliphatic heterocycles. The molecular formula is C14H6ClNO2S. The predicted molar refractivity (Wildman–Crippen MR) is 76.4 cm³/mol. The summed E-state index contributed by atoms with van der Waals surface area (Å²) in [5.41, 5.74) is 0.964. The van der Waals surface area contributed by atoms with Gasteiger partial charge in [-0.15, -0.1) is 0 Å². The van der Waals surface area contributed by atoms with E-state index in [4.69, 9.17) is 20.4 Å². The molecule has 0 radical (unpaired) electrons. The van der Waals surface area contributed by atoms with Crippen LogP contribution in [0.1, 0.15) is 5.56 Å². The Labute approximate surface area is 116 Å². The Morgan fingerprint density at radius 3 is 2.74 bits per heavy atom. The van der Waals surface area contributed by atoms with Gasteiger partial charge in [0.1, 0.15) is 17.2 Å². The average molecular weight is 288 g/mol. The number of fused-ring (bicyclic) bond motifs is 2. The van der Waals surface area contributed by atoms with Crippen molar-refractivity contribution in [3.63, 3.8) is 0 Å². The minimum Gasteiger partial charge on any atom is -0.456 e. The maximum atomic E-state index is 12.4. The molecular weight excluding hydrogens is 282 g/mol. The number of nitriles is 1. The molecule has 0 fully saturated rings. The summed E-state index contributed by atoms with van der Waals surface area (Å²) in [6.07, 6.45) is 0. The topological polar surface area (TPSA) is 54.0 Å². The van der Waals surface area contributed by atoms with Crippen LogP contribution in [-0.2, 0) is 0 Å². The van der Waals surface area contributed by atoms with E-state index < -0.39 is 0 Å². The van der Waals surface area contributed by atoms with E-state index in [1.165, 1.54) is 0 Å². The van der Waals surface area contributed by atoms with Crippen LogP contribution in [0, 0.1) is 11.3 Å². The van der Waals surface area contributed by atoms with Crippen molar-refractivity contribution in [2.24, 2.45) is 0 Å². The Kier molecular flexibility index (Phi) is 2.94. The number of para-hydroxylation sites is 1. The molecule has 0 N–H and O–H groups in total. The van der Waals surface area contributed by atoms with E-state index in [9.17, 15) is 4.79 Å². The standard InChI is InChI=1S/C14H6ClNO2S/c15-19-9-5-8(7-16)13-12(6-9)18-11-4-2-1-3-10(11)14(13)17/h1-6H. The third-order valence-corrected chi connectivity index (χ3v) is 3.81. The van der Waals surface area contributed by atoms with Crippen LogP contribution in [-0.4, -0.2) is 0 Å². The fraction of sp³-hybridized carbons (Fsp3) is 0. The van der Waals surface area contributed by atoms with E-state index in [0.29, 0.717) is 26.8 Å². The third-order valence-electron chi connectivity index (χ3n) is 2.86. The van der Waals surface area contributed by atoms with Gasteiger partial charge in [-0.25, -0.2) is 0 Å². The summed E-state index contributed by atoms with van der Waals surface area (Å²) in [6.45, 7) is 0. The summed E-state index contributed by atoms with van der Waals surface area (Å²) in [5, 5.41) is 9.94. The zero-order valence-corrected chi connectivity index (χ0v) is 11.1. The SMILES string of the molecule is N#Cc1cc(SCl)cc2oc3ccccc3c(=O)c12. The van der Waals surface area contributed by atoms with Crippen molar-refractivity contribution >= 4 is 43.6 Å². The second-order valence-corrected chi connectivity index (χ2v) is 5.05. The van der Waals surface area contributed by atoms with E-state index in [0.717, 1.165) is 11.0 Å². The molecule has 0 atom stereocenters. The minimum absolute atomic E-state index is 0.195. The highest BCUT2D eigenvalue weighted by Gasteiger charge is 2.13.